The number of anilines is 1. The van der Waals surface area contributed by atoms with Crippen LogP contribution in [0.3, 0.4) is 0 Å². The van der Waals surface area contributed by atoms with Gasteiger partial charge in [0.25, 0.3) is 0 Å². The molecular formula is C21H28ClN3O2. The Bertz CT molecular complexity index is 708. The summed E-state index contributed by atoms with van der Waals surface area (Å²) in [6, 6.07) is 7.88. The molecule has 3 aliphatic rings. The van der Waals surface area contributed by atoms with Gasteiger partial charge < -0.3 is 15.1 Å². The topological polar surface area (TPSA) is 52.7 Å². The predicted octanol–water partition coefficient (Wildman–Crippen LogP) is 3.07. The number of carbonyl (C=O) groups excluding carboxylic acids is 2. The molecule has 6 heteroatoms. The molecule has 3 saturated heterocycles. The second kappa shape index (κ2) is 8.19. The first-order valence-electron chi connectivity index (χ1n) is 10.2. The average molecular weight is 390 g/mol. The van der Waals surface area contributed by atoms with Gasteiger partial charge in [-0.2, -0.15) is 0 Å². The van der Waals surface area contributed by atoms with Gasteiger partial charge in [-0.3, -0.25) is 9.59 Å². The molecule has 0 saturated carbocycles. The van der Waals surface area contributed by atoms with Crippen LogP contribution in [-0.2, 0) is 9.59 Å². The van der Waals surface area contributed by atoms with E-state index in [-0.39, 0.29) is 24.2 Å². The van der Waals surface area contributed by atoms with Crippen molar-refractivity contribution < 1.29 is 9.59 Å². The Kier molecular flexibility index (Phi) is 5.69. The van der Waals surface area contributed by atoms with Crippen LogP contribution in [0.5, 0.6) is 0 Å². The molecule has 0 aliphatic carbocycles. The molecule has 27 heavy (non-hydrogen) atoms. The number of halogens is 1. The lowest BCUT2D eigenvalue weighted by Gasteiger charge is -2.44. The highest BCUT2D eigenvalue weighted by Crippen LogP contribution is 2.31. The van der Waals surface area contributed by atoms with Crippen molar-refractivity contribution in [3.8, 4) is 0 Å². The second-order valence-corrected chi connectivity index (χ2v) is 8.57. The number of fused-ring (bicyclic) bond motifs is 1. The molecule has 4 rings (SSSR count). The van der Waals surface area contributed by atoms with Crippen molar-refractivity contribution in [1.82, 2.24) is 10.2 Å². The van der Waals surface area contributed by atoms with Gasteiger partial charge >= 0.3 is 0 Å². The van der Waals surface area contributed by atoms with Crippen LogP contribution < -0.4 is 10.2 Å². The average Bonchev–Trinajstić information content (AvgIpc) is 3.08. The van der Waals surface area contributed by atoms with Crippen LogP contribution in [-0.4, -0.2) is 48.9 Å². The van der Waals surface area contributed by atoms with Gasteiger partial charge in [0.2, 0.25) is 11.8 Å². The van der Waals surface area contributed by atoms with Crippen LogP contribution in [0.4, 0.5) is 5.69 Å². The minimum Gasteiger partial charge on any atom is -0.355 e. The normalized spacial score (nSPS) is 28.9. The molecule has 0 radical (unpaired) electrons. The van der Waals surface area contributed by atoms with Gasteiger partial charge in [-0.15, -0.1) is 0 Å². The summed E-state index contributed by atoms with van der Waals surface area (Å²) in [7, 11) is 0. The van der Waals surface area contributed by atoms with Crippen LogP contribution in [0, 0.1) is 11.8 Å². The predicted molar refractivity (Wildman–Crippen MR) is 107 cm³/mol. The fourth-order valence-electron chi connectivity index (χ4n) is 4.97. The first kappa shape index (κ1) is 18.8. The maximum atomic E-state index is 12.7. The monoisotopic (exact) mass is 389 g/mol. The maximum Gasteiger partial charge on any atom is 0.227 e. The third-order valence-corrected chi connectivity index (χ3v) is 6.62. The maximum absolute atomic E-state index is 12.7. The highest BCUT2D eigenvalue weighted by atomic mass is 35.5. The molecule has 0 spiro atoms. The minimum atomic E-state index is -0.275. The number of hydrogen-bond donors (Lipinski definition) is 1. The van der Waals surface area contributed by atoms with E-state index in [2.05, 4.69) is 10.2 Å². The van der Waals surface area contributed by atoms with E-state index in [4.69, 9.17) is 11.6 Å². The Morgan fingerprint density at radius 2 is 2.04 bits per heavy atom. The Balaban J connectivity index is 1.33. The van der Waals surface area contributed by atoms with Gasteiger partial charge in [-0.1, -0.05) is 24.1 Å². The number of piperidine rings is 2. The SMILES string of the molecule is O=C(NCC1CCCN2CCCCC12)C1CC(=O)N(c2cccc(Cl)c2)C1. The largest absolute Gasteiger partial charge is 0.355 e. The van der Waals surface area contributed by atoms with Crippen molar-refractivity contribution in [2.24, 2.45) is 11.8 Å². The van der Waals surface area contributed by atoms with Gasteiger partial charge in [0.15, 0.2) is 0 Å². The first-order chi connectivity index (χ1) is 13.1. The van der Waals surface area contributed by atoms with Crippen LogP contribution >= 0.6 is 11.6 Å². The van der Waals surface area contributed by atoms with Gasteiger partial charge in [0.1, 0.15) is 0 Å². The molecule has 3 atom stereocenters. The zero-order valence-electron chi connectivity index (χ0n) is 15.7. The smallest absolute Gasteiger partial charge is 0.227 e. The number of carbonyl (C=O) groups is 2. The van der Waals surface area contributed by atoms with E-state index >= 15 is 0 Å². The lowest BCUT2D eigenvalue weighted by atomic mass is 9.83. The molecule has 1 aromatic carbocycles. The third-order valence-electron chi connectivity index (χ3n) is 6.38. The molecule has 5 nitrogen and oxygen atoms in total. The molecule has 1 N–H and O–H groups in total. The summed E-state index contributed by atoms with van der Waals surface area (Å²) < 4.78 is 0. The summed E-state index contributed by atoms with van der Waals surface area (Å²) in [5, 5.41) is 3.76. The van der Waals surface area contributed by atoms with Crippen LogP contribution in [0.2, 0.25) is 5.02 Å². The number of nitrogens with zero attached hydrogens (tertiary/aromatic N) is 2. The fraction of sp³-hybridized carbons (Fsp3) is 0.619. The van der Waals surface area contributed by atoms with E-state index in [1.807, 2.05) is 12.1 Å². The summed E-state index contributed by atoms with van der Waals surface area (Å²) in [5.74, 6) is 0.279. The number of amides is 2. The molecular weight excluding hydrogens is 362 g/mol. The van der Waals surface area contributed by atoms with Gasteiger partial charge in [0, 0.05) is 36.3 Å². The van der Waals surface area contributed by atoms with E-state index in [1.54, 1.807) is 17.0 Å². The van der Waals surface area contributed by atoms with Crippen LogP contribution in [0.15, 0.2) is 24.3 Å². The second-order valence-electron chi connectivity index (χ2n) is 8.13. The Morgan fingerprint density at radius 3 is 2.89 bits per heavy atom. The van der Waals surface area contributed by atoms with E-state index in [0.717, 1.165) is 12.2 Å². The van der Waals surface area contributed by atoms with Crippen LogP contribution in [0.25, 0.3) is 0 Å². The van der Waals surface area contributed by atoms with Crippen molar-refractivity contribution in [3.05, 3.63) is 29.3 Å². The molecule has 0 bridgehead atoms. The Morgan fingerprint density at radius 1 is 1.19 bits per heavy atom. The summed E-state index contributed by atoms with van der Waals surface area (Å²) in [4.78, 5) is 29.4. The minimum absolute atomic E-state index is 0.00598. The molecule has 146 valence electrons. The zero-order chi connectivity index (χ0) is 18.8. The van der Waals surface area contributed by atoms with Crippen LogP contribution in [0.1, 0.15) is 38.5 Å². The number of rotatable bonds is 4. The third kappa shape index (κ3) is 4.14. The number of benzene rings is 1. The van der Waals surface area contributed by atoms with E-state index in [0.29, 0.717) is 23.5 Å². The summed E-state index contributed by atoms with van der Waals surface area (Å²) >= 11 is 6.04. The van der Waals surface area contributed by atoms with Crippen molar-refractivity contribution >= 4 is 29.1 Å². The van der Waals surface area contributed by atoms with E-state index in [9.17, 15) is 9.59 Å². The summed E-state index contributed by atoms with van der Waals surface area (Å²) in [6.45, 7) is 3.59. The molecule has 1 aromatic rings. The molecule has 0 aromatic heterocycles. The number of hydrogen-bond acceptors (Lipinski definition) is 3. The first-order valence-corrected chi connectivity index (χ1v) is 10.6. The molecule has 3 fully saturated rings. The Hall–Kier alpha value is -1.59. The zero-order valence-corrected chi connectivity index (χ0v) is 16.5. The number of nitrogens with one attached hydrogen (secondary N) is 1. The fourth-order valence-corrected chi connectivity index (χ4v) is 5.15. The van der Waals surface area contributed by atoms with E-state index < -0.39 is 0 Å². The lowest BCUT2D eigenvalue weighted by Crippen LogP contribution is -2.51. The molecule has 3 aliphatic heterocycles. The Labute approximate surface area is 166 Å². The lowest BCUT2D eigenvalue weighted by molar-refractivity contribution is -0.126. The standard InChI is InChI=1S/C21H28ClN3O2/c22-17-6-3-7-18(12-17)25-14-16(11-20(25)26)21(27)23-13-15-5-4-10-24-9-2-1-8-19(15)24/h3,6-7,12,15-16,19H,1-2,4-5,8-11,13-14H2,(H,23,27). The highest BCUT2D eigenvalue weighted by molar-refractivity contribution is 6.30. The van der Waals surface area contributed by atoms with E-state index in [1.165, 1.54) is 45.2 Å². The van der Waals surface area contributed by atoms with Crippen molar-refractivity contribution in [2.75, 3.05) is 31.1 Å². The van der Waals surface area contributed by atoms with Gasteiger partial charge in [-0.25, -0.2) is 0 Å². The van der Waals surface area contributed by atoms with Crippen molar-refractivity contribution in [1.29, 1.82) is 0 Å². The highest BCUT2D eigenvalue weighted by Gasteiger charge is 2.37. The van der Waals surface area contributed by atoms with Gasteiger partial charge in [-0.05, 0) is 62.9 Å². The van der Waals surface area contributed by atoms with Gasteiger partial charge in [0.05, 0.1) is 5.92 Å². The summed E-state index contributed by atoms with van der Waals surface area (Å²) in [6.07, 6.45) is 6.56. The summed E-state index contributed by atoms with van der Waals surface area (Å²) in [5.41, 5.74) is 0.771. The van der Waals surface area contributed by atoms with Crippen molar-refractivity contribution in [2.45, 2.75) is 44.6 Å². The molecule has 2 amide bonds. The van der Waals surface area contributed by atoms with Crippen molar-refractivity contribution in [3.63, 3.8) is 0 Å². The quantitative estimate of drug-likeness (QED) is 0.861. The molecule has 3 heterocycles. The molecule has 3 unspecified atom stereocenters.